The van der Waals surface area contributed by atoms with Gasteiger partial charge < -0.3 is 5.32 Å². The number of halogens is 1. The van der Waals surface area contributed by atoms with E-state index in [4.69, 9.17) is 0 Å². The molecule has 0 amide bonds. The Morgan fingerprint density at radius 3 is 2.65 bits per heavy atom. The van der Waals surface area contributed by atoms with Crippen LogP contribution in [0.25, 0.3) is 0 Å². The molecule has 0 bridgehead atoms. The number of nitrogens with one attached hydrogen (secondary N) is 1. The Morgan fingerprint density at radius 1 is 1.18 bits per heavy atom. The molecule has 96 valence electrons. The van der Waals surface area contributed by atoms with Crippen molar-refractivity contribution in [1.82, 2.24) is 5.32 Å². The van der Waals surface area contributed by atoms with Gasteiger partial charge in [-0.25, -0.2) is 4.39 Å². The van der Waals surface area contributed by atoms with E-state index in [0.717, 1.165) is 12.1 Å². The standard InChI is InChI=1S/C15H24FN/c1-3-4-5-6-7-11-17-13(2)14-9-8-10-15(16)12-14/h8-10,12-13,17H,3-7,11H2,1-2H3. The predicted molar refractivity (Wildman–Crippen MR) is 71.6 cm³/mol. The Hall–Kier alpha value is -0.890. The summed E-state index contributed by atoms with van der Waals surface area (Å²) in [6, 6.07) is 7.06. The lowest BCUT2D eigenvalue weighted by molar-refractivity contribution is 0.528. The average Bonchev–Trinajstić information content (AvgIpc) is 2.33. The van der Waals surface area contributed by atoms with Gasteiger partial charge in [-0.15, -0.1) is 0 Å². The Labute approximate surface area is 104 Å². The van der Waals surface area contributed by atoms with Crippen LogP contribution >= 0.6 is 0 Å². The number of hydrogen-bond donors (Lipinski definition) is 1. The first-order chi connectivity index (χ1) is 8.24. The van der Waals surface area contributed by atoms with Crippen molar-refractivity contribution in [3.05, 3.63) is 35.6 Å². The molecule has 1 nitrogen and oxygen atoms in total. The van der Waals surface area contributed by atoms with Crippen LogP contribution in [0.5, 0.6) is 0 Å². The average molecular weight is 237 g/mol. The topological polar surface area (TPSA) is 12.0 Å². The molecule has 17 heavy (non-hydrogen) atoms. The van der Waals surface area contributed by atoms with Gasteiger partial charge in [-0.3, -0.25) is 0 Å². The maximum absolute atomic E-state index is 13.0. The molecule has 0 radical (unpaired) electrons. The van der Waals surface area contributed by atoms with E-state index in [9.17, 15) is 4.39 Å². The molecule has 1 aromatic carbocycles. The van der Waals surface area contributed by atoms with Gasteiger partial charge in [0.05, 0.1) is 0 Å². The van der Waals surface area contributed by atoms with Crippen molar-refractivity contribution >= 4 is 0 Å². The molecule has 1 N–H and O–H groups in total. The molecule has 0 fully saturated rings. The predicted octanol–water partition coefficient (Wildman–Crippen LogP) is 4.45. The summed E-state index contributed by atoms with van der Waals surface area (Å²) in [4.78, 5) is 0. The lowest BCUT2D eigenvalue weighted by atomic mass is 10.1. The summed E-state index contributed by atoms with van der Waals surface area (Å²) in [5.74, 6) is -0.154. The molecule has 0 spiro atoms. The second-order valence-corrected chi connectivity index (χ2v) is 4.65. The summed E-state index contributed by atoms with van der Waals surface area (Å²) < 4.78 is 13.0. The largest absolute Gasteiger partial charge is 0.310 e. The van der Waals surface area contributed by atoms with Crippen molar-refractivity contribution in [1.29, 1.82) is 0 Å². The lowest BCUT2D eigenvalue weighted by Gasteiger charge is -2.14. The first-order valence-corrected chi connectivity index (χ1v) is 6.73. The maximum Gasteiger partial charge on any atom is 0.123 e. The quantitative estimate of drug-likeness (QED) is 0.659. The van der Waals surface area contributed by atoms with Crippen LogP contribution < -0.4 is 5.32 Å². The van der Waals surface area contributed by atoms with Gasteiger partial charge in [-0.1, -0.05) is 44.7 Å². The van der Waals surface area contributed by atoms with Gasteiger partial charge in [0.2, 0.25) is 0 Å². The molecule has 0 aliphatic carbocycles. The lowest BCUT2D eigenvalue weighted by Crippen LogP contribution is -2.19. The van der Waals surface area contributed by atoms with Crippen LogP contribution in [0, 0.1) is 5.82 Å². The molecule has 0 saturated carbocycles. The smallest absolute Gasteiger partial charge is 0.123 e. The maximum atomic E-state index is 13.0. The summed E-state index contributed by atoms with van der Waals surface area (Å²) in [5.41, 5.74) is 1.03. The third-order valence-corrected chi connectivity index (χ3v) is 3.08. The second kappa shape index (κ2) is 8.24. The van der Waals surface area contributed by atoms with E-state index in [1.807, 2.05) is 6.07 Å². The van der Waals surface area contributed by atoms with E-state index in [0.29, 0.717) is 0 Å². The van der Waals surface area contributed by atoms with Crippen molar-refractivity contribution in [3.63, 3.8) is 0 Å². The minimum Gasteiger partial charge on any atom is -0.310 e. The summed E-state index contributed by atoms with van der Waals surface area (Å²) in [6.45, 7) is 5.33. The normalized spacial score (nSPS) is 12.6. The zero-order valence-electron chi connectivity index (χ0n) is 11.0. The van der Waals surface area contributed by atoms with Gasteiger partial charge in [-0.05, 0) is 37.6 Å². The van der Waals surface area contributed by atoms with Crippen LogP contribution in [0.1, 0.15) is 57.6 Å². The molecule has 0 heterocycles. The fourth-order valence-electron chi connectivity index (χ4n) is 1.94. The van der Waals surface area contributed by atoms with Crippen LogP contribution in [0.3, 0.4) is 0 Å². The van der Waals surface area contributed by atoms with Crippen LogP contribution in [-0.4, -0.2) is 6.54 Å². The molecule has 0 saturated heterocycles. The SMILES string of the molecule is CCCCCCCNC(C)c1cccc(F)c1. The van der Waals surface area contributed by atoms with Gasteiger partial charge in [0.15, 0.2) is 0 Å². The molecular formula is C15H24FN. The second-order valence-electron chi connectivity index (χ2n) is 4.65. The van der Waals surface area contributed by atoms with Crippen molar-refractivity contribution < 1.29 is 4.39 Å². The van der Waals surface area contributed by atoms with Crippen LogP contribution in [0.2, 0.25) is 0 Å². The fraction of sp³-hybridized carbons (Fsp3) is 0.600. The van der Waals surface area contributed by atoms with E-state index in [1.54, 1.807) is 12.1 Å². The minimum atomic E-state index is -0.154. The molecule has 0 aromatic heterocycles. The first kappa shape index (κ1) is 14.2. The molecular weight excluding hydrogens is 213 g/mol. The van der Waals surface area contributed by atoms with Crippen molar-refractivity contribution in [2.24, 2.45) is 0 Å². The zero-order valence-corrected chi connectivity index (χ0v) is 11.0. The van der Waals surface area contributed by atoms with Crippen molar-refractivity contribution in [2.45, 2.75) is 52.0 Å². The Morgan fingerprint density at radius 2 is 1.94 bits per heavy atom. The number of benzene rings is 1. The number of hydrogen-bond acceptors (Lipinski definition) is 1. The highest BCUT2D eigenvalue weighted by molar-refractivity contribution is 5.19. The first-order valence-electron chi connectivity index (χ1n) is 6.73. The highest BCUT2D eigenvalue weighted by Crippen LogP contribution is 2.13. The third-order valence-electron chi connectivity index (χ3n) is 3.08. The van der Waals surface area contributed by atoms with Crippen LogP contribution in [0.4, 0.5) is 4.39 Å². The van der Waals surface area contributed by atoms with Gasteiger partial charge in [0, 0.05) is 6.04 Å². The van der Waals surface area contributed by atoms with E-state index in [2.05, 4.69) is 19.2 Å². The van der Waals surface area contributed by atoms with E-state index in [1.165, 1.54) is 38.2 Å². The van der Waals surface area contributed by atoms with E-state index < -0.39 is 0 Å². The fourth-order valence-corrected chi connectivity index (χ4v) is 1.94. The minimum absolute atomic E-state index is 0.154. The molecule has 1 aromatic rings. The van der Waals surface area contributed by atoms with Crippen molar-refractivity contribution in [3.8, 4) is 0 Å². The van der Waals surface area contributed by atoms with Gasteiger partial charge in [-0.2, -0.15) is 0 Å². The third kappa shape index (κ3) is 5.83. The monoisotopic (exact) mass is 237 g/mol. The summed E-state index contributed by atoms with van der Waals surface area (Å²) in [6.07, 6.45) is 6.44. The highest BCUT2D eigenvalue weighted by atomic mass is 19.1. The Kier molecular flexibility index (Phi) is 6.87. The molecule has 2 heteroatoms. The van der Waals surface area contributed by atoms with Gasteiger partial charge in [0.1, 0.15) is 5.82 Å². The van der Waals surface area contributed by atoms with E-state index >= 15 is 0 Å². The Balaban J connectivity index is 2.19. The zero-order chi connectivity index (χ0) is 12.5. The van der Waals surface area contributed by atoms with Gasteiger partial charge in [0.25, 0.3) is 0 Å². The van der Waals surface area contributed by atoms with E-state index in [-0.39, 0.29) is 11.9 Å². The molecule has 1 atom stereocenters. The highest BCUT2D eigenvalue weighted by Gasteiger charge is 2.04. The molecule has 0 aliphatic rings. The van der Waals surface area contributed by atoms with Crippen molar-refractivity contribution in [2.75, 3.05) is 6.54 Å². The molecule has 1 rings (SSSR count). The summed E-state index contributed by atoms with van der Waals surface area (Å²) >= 11 is 0. The number of rotatable bonds is 8. The molecule has 1 unspecified atom stereocenters. The van der Waals surface area contributed by atoms with Crippen LogP contribution in [0.15, 0.2) is 24.3 Å². The Bertz CT molecular complexity index is 312. The molecule has 0 aliphatic heterocycles. The van der Waals surface area contributed by atoms with Gasteiger partial charge >= 0.3 is 0 Å². The van der Waals surface area contributed by atoms with Crippen LogP contribution in [-0.2, 0) is 0 Å². The number of unbranched alkanes of at least 4 members (excludes halogenated alkanes) is 4. The summed E-state index contributed by atoms with van der Waals surface area (Å²) in [7, 11) is 0. The summed E-state index contributed by atoms with van der Waals surface area (Å²) in [5, 5.41) is 3.44.